The number of aryl methyl sites for hydroxylation is 1. The lowest BCUT2D eigenvalue weighted by molar-refractivity contribution is 0.149. The summed E-state index contributed by atoms with van der Waals surface area (Å²) in [5.74, 6) is 1.72. The van der Waals surface area contributed by atoms with Gasteiger partial charge in [-0.2, -0.15) is 0 Å². The lowest BCUT2D eigenvalue weighted by Crippen LogP contribution is -2.37. The normalized spacial score (nSPS) is 28.3. The molecule has 2 atom stereocenters. The van der Waals surface area contributed by atoms with E-state index in [-0.39, 0.29) is 0 Å². The van der Waals surface area contributed by atoms with Crippen LogP contribution >= 0.6 is 0 Å². The van der Waals surface area contributed by atoms with E-state index in [0.717, 1.165) is 37.8 Å². The van der Waals surface area contributed by atoms with Crippen molar-refractivity contribution in [3.8, 4) is 0 Å². The van der Waals surface area contributed by atoms with Gasteiger partial charge in [-0.1, -0.05) is 6.42 Å². The second-order valence-electron chi connectivity index (χ2n) is 6.62. The summed E-state index contributed by atoms with van der Waals surface area (Å²) in [5.41, 5.74) is 1.00. The number of piperidine rings is 1. The van der Waals surface area contributed by atoms with Crippen LogP contribution in [0.4, 0.5) is 0 Å². The van der Waals surface area contributed by atoms with Crippen molar-refractivity contribution < 1.29 is 9.52 Å². The maximum atomic E-state index is 9.67. The molecule has 0 bridgehead atoms. The highest BCUT2D eigenvalue weighted by atomic mass is 16.3. The predicted octanol–water partition coefficient (Wildman–Crippen LogP) is 1.51. The monoisotopic (exact) mass is 293 g/mol. The molecule has 1 aromatic rings. The molecule has 2 saturated heterocycles. The Morgan fingerprint density at radius 3 is 2.62 bits per heavy atom. The molecule has 5 heteroatoms. The molecular weight excluding hydrogens is 266 g/mol. The van der Waals surface area contributed by atoms with Crippen LogP contribution < -0.4 is 0 Å². The zero-order valence-corrected chi connectivity index (χ0v) is 13.0. The highest BCUT2D eigenvalue weighted by molar-refractivity contribution is 4.97. The number of aliphatic hydroxyl groups excluding tert-OH is 1. The molecule has 0 aromatic carbocycles. The van der Waals surface area contributed by atoms with Gasteiger partial charge in [0.1, 0.15) is 6.26 Å². The second-order valence-corrected chi connectivity index (χ2v) is 6.62. The first-order valence-electron chi connectivity index (χ1n) is 8.21. The molecule has 1 aromatic heterocycles. The van der Waals surface area contributed by atoms with Gasteiger partial charge in [0.2, 0.25) is 0 Å². The van der Waals surface area contributed by atoms with E-state index in [0.29, 0.717) is 18.4 Å². The fourth-order valence-corrected chi connectivity index (χ4v) is 3.76. The highest BCUT2D eigenvalue weighted by Crippen LogP contribution is 2.26. The molecule has 0 amide bonds. The van der Waals surface area contributed by atoms with E-state index in [2.05, 4.69) is 14.8 Å². The summed E-state index contributed by atoms with van der Waals surface area (Å²) in [5, 5.41) is 9.67. The van der Waals surface area contributed by atoms with Crippen molar-refractivity contribution in [1.29, 1.82) is 0 Å². The molecule has 3 heterocycles. The average Bonchev–Trinajstić information content (AvgIpc) is 3.06. The first kappa shape index (κ1) is 15.0. The number of nitrogens with zero attached hydrogens (tertiary/aromatic N) is 3. The van der Waals surface area contributed by atoms with Gasteiger partial charge in [0, 0.05) is 39.7 Å². The maximum Gasteiger partial charge on any atom is 0.191 e. The van der Waals surface area contributed by atoms with Gasteiger partial charge in [-0.25, -0.2) is 4.98 Å². The van der Waals surface area contributed by atoms with E-state index in [1.807, 2.05) is 6.92 Å². The van der Waals surface area contributed by atoms with Gasteiger partial charge >= 0.3 is 0 Å². The predicted molar refractivity (Wildman–Crippen MR) is 80.9 cm³/mol. The van der Waals surface area contributed by atoms with Crippen molar-refractivity contribution in [2.24, 2.45) is 11.8 Å². The van der Waals surface area contributed by atoms with Crippen LogP contribution in [0, 0.1) is 18.8 Å². The SMILES string of the molecule is Cc1nc(CN2C[C@@H](CN3CCCCC3)[C@@H](CO)C2)co1. The van der Waals surface area contributed by atoms with Gasteiger partial charge < -0.3 is 14.4 Å². The van der Waals surface area contributed by atoms with Crippen molar-refractivity contribution >= 4 is 0 Å². The molecule has 1 N–H and O–H groups in total. The van der Waals surface area contributed by atoms with Gasteiger partial charge in [0.15, 0.2) is 5.89 Å². The average molecular weight is 293 g/mol. The van der Waals surface area contributed by atoms with Gasteiger partial charge in [0.25, 0.3) is 0 Å². The Kier molecular flexibility index (Phi) is 4.93. The fraction of sp³-hybridized carbons (Fsp3) is 0.812. The molecule has 0 unspecified atom stereocenters. The van der Waals surface area contributed by atoms with Crippen LogP contribution in [0.3, 0.4) is 0 Å². The smallest absolute Gasteiger partial charge is 0.191 e. The molecule has 0 saturated carbocycles. The van der Waals surface area contributed by atoms with Crippen LogP contribution in [-0.2, 0) is 6.54 Å². The Balaban J connectivity index is 1.54. The minimum atomic E-state index is 0.298. The summed E-state index contributed by atoms with van der Waals surface area (Å²) >= 11 is 0. The van der Waals surface area contributed by atoms with E-state index >= 15 is 0 Å². The molecule has 3 rings (SSSR count). The molecule has 21 heavy (non-hydrogen) atoms. The minimum Gasteiger partial charge on any atom is -0.449 e. The number of aromatic nitrogens is 1. The summed E-state index contributed by atoms with van der Waals surface area (Å²) in [4.78, 5) is 9.38. The van der Waals surface area contributed by atoms with Crippen molar-refractivity contribution in [3.63, 3.8) is 0 Å². The summed E-state index contributed by atoms with van der Waals surface area (Å²) in [6.45, 7) is 8.66. The Morgan fingerprint density at radius 1 is 1.19 bits per heavy atom. The van der Waals surface area contributed by atoms with E-state index in [9.17, 15) is 5.11 Å². The lowest BCUT2D eigenvalue weighted by Gasteiger charge is -2.30. The summed E-state index contributed by atoms with van der Waals surface area (Å²) in [6.07, 6.45) is 5.79. The van der Waals surface area contributed by atoms with Crippen molar-refractivity contribution in [3.05, 3.63) is 17.8 Å². The molecule has 2 fully saturated rings. The standard InChI is InChI=1S/C16H27N3O2/c1-13-17-16(12-21-13)10-19-8-14(15(9-19)11-20)7-18-5-3-2-4-6-18/h12,14-15,20H,2-11H2,1H3/t14-,15-/m1/s1. The third-order valence-corrected chi connectivity index (χ3v) is 4.88. The van der Waals surface area contributed by atoms with Crippen LogP contribution in [0.15, 0.2) is 10.7 Å². The van der Waals surface area contributed by atoms with Crippen molar-refractivity contribution in [2.45, 2.75) is 32.7 Å². The molecule has 0 radical (unpaired) electrons. The van der Waals surface area contributed by atoms with Crippen LogP contribution in [0.5, 0.6) is 0 Å². The van der Waals surface area contributed by atoms with E-state index < -0.39 is 0 Å². The highest BCUT2D eigenvalue weighted by Gasteiger charge is 2.33. The number of oxazole rings is 1. The van der Waals surface area contributed by atoms with E-state index in [1.54, 1.807) is 6.26 Å². The number of rotatable bonds is 5. The molecule has 0 aliphatic carbocycles. The van der Waals surface area contributed by atoms with Crippen LogP contribution in [0.25, 0.3) is 0 Å². The molecule has 2 aliphatic heterocycles. The lowest BCUT2D eigenvalue weighted by atomic mass is 9.95. The molecule has 118 valence electrons. The molecule has 2 aliphatic rings. The zero-order valence-electron chi connectivity index (χ0n) is 13.0. The number of aliphatic hydroxyl groups is 1. The van der Waals surface area contributed by atoms with Crippen molar-refractivity contribution in [1.82, 2.24) is 14.8 Å². The second kappa shape index (κ2) is 6.90. The molecule has 0 spiro atoms. The number of hydrogen-bond acceptors (Lipinski definition) is 5. The third kappa shape index (κ3) is 3.84. The Bertz CT molecular complexity index is 442. The zero-order chi connectivity index (χ0) is 14.7. The third-order valence-electron chi connectivity index (χ3n) is 4.88. The molecule has 5 nitrogen and oxygen atoms in total. The van der Waals surface area contributed by atoms with Crippen LogP contribution in [0.1, 0.15) is 30.8 Å². The summed E-state index contributed by atoms with van der Waals surface area (Å²) in [7, 11) is 0. The first-order valence-corrected chi connectivity index (χ1v) is 8.21. The van der Waals surface area contributed by atoms with Gasteiger partial charge in [-0.3, -0.25) is 4.90 Å². The van der Waals surface area contributed by atoms with Crippen LogP contribution in [0.2, 0.25) is 0 Å². The summed E-state index contributed by atoms with van der Waals surface area (Å²) < 4.78 is 5.28. The van der Waals surface area contributed by atoms with Gasteiger partial charge in [0.05, 0.1) is 5.69 Å². The Labute approximate surface area is 126 Å². The molecular formula is C16H27N3O2. The Hall–Kier alpha value is -0.910. The fourth-order valence-electron chi connectivity index (χ4n) is 3.76. The van der Waals surface area contributed by atoms with E-state index in [4.69, 9.17) is 4.42 Å². The maximum absolute atomic E-state index is 9.67. The Morgan fingerprint density at radius 2 is 1.95 bits per heavy atom. The largest absolute Gasteiger partial charge is 0.449 e. The minimum absolute atomic E-state index is 0.298. The first-order chi connectivity index (χ1) is 10.2. The number of hydrogen-bond donors (Lipinski definition) is 1. The topological polar surface area (TPSA) is 52.7 Å². The quantitative estimate of drug-likeness (QED) is 0.892. The van der Waals surface area contributed by atoms with Gasteiger partial charge in [-0.15, -0.1) is 0 Å². The van der Waals surface area contributed by atoms with Gasteiger partial charge in [-0.05, 0) is 37.8 Å². The van der Waals surface area contributed by atoms with E-state index in [1.165, 1.54) is 32.4 Å². The summed E-state index contributed by atoms with van der Waals surface area (Å²) in [6, 6.07) is 0. The van der Waals surface area contributed by atoms with Crippen molar-refractivity contribution in [2.75, 3.05) is 39.3 Å². The van der Waals surface area contributed by atoms with Crippen LogP contribution in [-0.4, -0.2) is 59.2 Å². The number of likely N-dealkylation sites (tertiary alicyclic amines) is 2.